The second-order valence-corrected chi connectivity index (χ2v) is 9.23. The molecule has 31 heavy (non-hydrogen) atoms. The average molecular weight is 447 g/mol. The van der Waals surface area contributed by atoms with Crippen LogP contribution in [0.25, 0.3) is 0 Å². The van der Waals surface area contributed by atoms with Crippen LogP contribution >= 0.6 is 0 Å². The predicted molar refractivity (Wildman–Crippen MR) is 116 cm³/mol. The van der Waals surface area contributed by atoms with Crippen molar-refractivity contribution in [3.63, 3.8) is 0 Å². The summed E-state index contributed by atoms with van der Waals surface area (Å²) in [5.74, 6) is -0.438. The smallest absolute Gasteiger partial charge is 0.343 e. The van der Waals surface area contributed by atoms with Crippen LogP contribution in [0.5, 0.6) is 5.75 Å². The highest BCUT2D eigenvalue weighted by molar-refractivity contribution is 7.89. The summed E-state index contributed by atoms with van der Waals surface area (Å²) < 4.78 is 37.1. The number of esters is 1. The molecule has 1 N–H and O–H groups in total. The molecule has 0 bridgehead atoms. The summed E-state index contributed by atoms with van der Waals surface area (Å²) in [5.41, 5.74) is 1.54. The van der Waals surface area contributed by atoms with Gasteiger partial charge in [-0.25, -0.2) is 13.2 Å². The lowest BCUT2D eigenvalue weighted by molar-refractivity contribution is -0.142. The van der Waals surface area contributed by atoms with Gasteiger partial charge in [-0.05, 0) is 61.7 Å². The molecule has 0 aliphatic carbocycles. The van der Waals surface area contributed by atoms with E-state index in [0.29, 0.717) is 24.5 Å². The van der Waals surface area contributed by atoms with Crippen LogP contribution in [0.3, 0.4) is 0 Å². The first-order valence-electron chi connectivity index (χ1n) is 10.0. The minimum absolute atomic E-state index is 0.116. The summed E-state index contributed by atoms with van der Waals surface area (Å²) >= 11 is 0. The van der Waals surface area contributed by atoms with Crippen molar-refractivity contribution < 1.29 is 27.5 Å². The predicted octanol–water partition coefficient (Wildman–Crippen LogP) is 2.97. The molecule has 1 aliphatic heterocycles. The molecule has 0 aromatic heterocycles. The van der Waals surface area contributed by atoms with E-state index in [4.69, 9.17) is 4.74 Å². The number of methoxy groups -OCH3 is 1. The Morgan fingerprint density at radius 2 is 1.81 bits per heavy atom. The maximum Gasteiger partial charge on any atom is 0.343 e. The Bertz CT molecular complexity index is 1060. The number of nitrogens with one attached hydrogen (secondary N) is 1. The molecular formula is C22H26N2O6S. The monoisotopic (exact) mass is 446 g/mol. The summed E-state index contributed by atoms with van der Waals surface area (Å²) in [7, 11) is -2.34. The maximum absolute atomic E-state index is 12.9. The van der Waals surface area contributed by atoms with E-state index in [2.05, 4.69) is 10.1 Å². The highest BCUT2D eigenvalue weighted by Gasteiger charge is 2.26. The zero-order valence-electron chi connectivity index (χ0n) is 17.6. The number of carbonyl (C=O) groups excluding carboxylic acids is 2. The number of amides is 1. The minimum atomic E-state index is -3.62. The first-order valence-corrected chi connectivity index (χ1v) is 11.5. The molecule has 0 saturated carbocycles. The highest BCUT2D eigenvalue weighted by Crippen LogP contribution is 2.24. The lowest BCUT2D eigenvalue weighted by Gasteiger charge is -2.26. The highest BCUT2D eigenvalue weighted by atomic mass is 32.2. The lowest BCUT2D eigenvalue weighted by atomic mass is 10.1. The summed E-state index contributed by atoms with van der Waals surface area (Å²) in [4.78, 5) is 24.1. The zero-order chi connectivity index (χ0) is 22.4. The third-order valence-electron chi connectivity index (χ3n) is 5.08. The fourth-order valence-electron chi connectivity index (χ4n) is 3.31. The Morgan fingerprint density at radius 3 is 2.48 bits per heavy atom. The molecule has 0 spiro atoms. The van der Waals surface area contributed by atoms with Gasteiger partial charge in [0.1, 0.15) is 5.75 Å². The number of rotatable bonds is 7. The third kappa shape index (κ3) is 5.62. The van der Waals surface area contributed by atoms with E-state index in [1.165, 1.54) is 23.5 Å². The SMILES string of the molecule is COC(=O)COc1ccc(NC(=O)c2cccc(S(=O)(=O)N3CCCCC3)c2)c(C)c1. The largest absolute Gasteiger partial charge is 0.482 e. The minimum Gasteiger partial charge on any atom is -0.482 e. The van der Waals surface area contributed by atoms with Crippen molar-refractivity contribution in [1.82, 2.24) is 4.31 Å². The van der Waals surface area contributed by atoms with Crippen LogP contribution in [-0.2, 0) is 19.6 Å². The number of hydrogen-bond acceptors (Lipinski definition) is 6. The molecule has 1 saturated heterocycles. The number of benzene rings is 2. The Kier molecular flexibility index (Phi) is 7.29. The summed E-state index contributed by atoms with van der Waals surface area (Å²) in [5, 5.41) is 2.79. The van der Waals surface area contributed by atoms with Crippen molar-refractivity contribution in [1.29, 1.82) is 0 Å². The van der Waals surface area contributed by atoms with Crippen LogP contribution in [0.15, 0.2) is 47.4 Å². The Labute approximate surface area is 182 Å². The number of hydrogen-bond donors (Lipinski definition) is 1. The number of sulfonamides is 1. The first kappa shape index (κ1) is 22.8. The number of aryl methyl sites for hydroxylation is 1. The fourth-order valence-corrected chi connectivity index (χ4v) is 4.88. The van der Waals surface area contributed by atoms with Gasteiger partial charge in [-0.3, -0.25) is 4.79 Å². The normalized spacial score (nSPS) is 14.6. The topological polar surface area (TPSA) is 102 Å². The molecular weight excluding hydrogens is 420 g/mol. The van der Waals surface area contributed by atoms with Crippen LogP contribution in [0.1, 0.15) is 35.2 Å². The quantitative estimate of drug-likeness (QED) is 0.656. The molecule has 8 nitrogen and oxygen atoms in total. The molecule has 1 aliphatic rings. The summed E-state index contributed by atoms with van der Waals surface area (Å²) in [6, 6.07) is 11.0. The van der Waals surface area contributed by atoms with Gasteiger partial charge < -0.3 is 14.8 Å². The molecule has 9 heteroatoms. The molecule has 0 radical (unpaired) electrons. The van der Waals surface area contributed by atoms with Crippen LogP contribution in [-0.4, -0.2) is 51.4 Å². The second-order valence-electron chi connectivity index (χ2n) is 7.29. The Balaban J connectivity index is 1.72. The molecule has 3 rings (SSSR count). The number of ether oxygens (including phenoxy) is 2. The van der Waals surface area contributed by atoms with Gasteiger partial charge in [0.05, 0.1) is 12.0 Å². The molecule has 1 heterocycles. The number of anilines is 1. The van der Waals surface area contributed by atoms with Crippen molar-refractivity contribution in [2.24, 2.45) is 0 Å². The van der Waals surface area contributed by atoms with Gasteiger partial charge in [0.25, 0.3) is 5.91 Å². The van der Waals surface area contributed by atoms with Crippen molar-refractivity contribution in [3.8, 4) is 5.75 Å². The van der Waals surface area contributed by atoms with Crippen molar-refractivity contribution >= 4 is 27.6 Å². The third-order valence-corrected chi connectivity index (χ3v) is 6.97. The van der Waals surface area contributed by atoms with Crippen molar-refractivity contribution in [2.45, 2.75) is 31.1 Å². The second kappa shape index (κ2) is 9.93. The van der Waals surface area contributed by atoms with Gasteiger partial charge in [-0.15, -0.1) is 0 Å². The first-order chi connectivity index (χ1) is 14.8. The van der Waals surface area contributed by atoms with Crippen LogP contribution in [0.4, 0.5) is 5.69 Å². The Hall–Kier alpha value is -2.91. The van der Waals surface area contributed by atoms with Gasteiger partial charge in [-0.1, -0.05) is 12.5 Å². The van der Waals surface area contributed by atoms with E-state index in [1.54, 1.807) is 37.3 Å². The maximum atomic E-state index is 12.9. The van der Waals surface area contributed by atoms with Gasteiger partial charge in [-0.2, -0.15) is 4.31 Å². The van der Waals surface area contributed by atoms with Crippen molar-refractivity contribution in [3.05, 3.63) is 53.6 Å². The van der Waals surface area contributed by atoms with Crippen LogP contribution in [0, 0.1) is 6.92 Å². The van der Waals surface area contributed by atoms with E-state index in [0.717, 1.165) is 24.8 Å². The number of nitrogens with zero attached hydrogens (tertiary/aromatic N) is 1. The van der Waals surface area contributed by atoms with Crippen LogP contribution in [0.2, 0.25) is 0 Å². The zero-order valence-corrected chi connectivity index (χ0v) is 18.4. The number of piperidine rings is 1. The summed E-state index contributed by atoms with van der Waals surface area (Å²) in [6.45, 7) is 2.59. The average Bonchev–Trinajstić information content (AvgIpc) is 2.79. The molecule has 0 atom stereocenters. The van der Waals surface area contributed by atoms with Gasteiger partial charge in [0, 0.05) is 24.3 Å². The molecule has 166 valence electrons. The molecule has 2 aromatic rings. The van der Waals surface area contributed by atoms with E-state index < -0.39 is 21.9 Å². The molecule has 0 unspecified atom stereocenters. The Morgan fingerprint density at radius 1 is 1.06 bits per heavy atom. The lowest BCUT2D eigenvalue weighted by Crippen LogP contribution is -2.35. The standard InChI is InChI=1S/C22H26N2O6S/c1-16-13-18(30-15-21(25)29-2)9-10-20(16)23-22(26)17-7-6-8-19(14-17)31(27,28)24-11-4-3-5-12-24/h6-10,13-14H,3-5,11-12,15H2,1-2H3,(H,23,26). The van der Waals surface area contributed by atoms with Gasteiger partial charge in [0.2, 0.25) is 10.0 Å². The molecule has 2 aromatic carbocycles. The van der Waals surface area contributed by atoms with Gasteiger partial charge >= 0.3 is 5.97 Å². The summed E-state index contributed by atoms with van der Waals surface area (Å²) in [6.07, 6.45) is 2.72. The van der Waals surface area contributed by atoms with Gasteiger partial charge in [0.15, 0.2) is 6.61 Å². The van der Waals surface area contributed by atoms with E-state index in [1.807, 2.05) is 0 Å². The van der Waals surface area contributed by atoms with E-state index in [-0.39, 0.29) is 17.1 Å². The molecule has 1 amide bonds. The van der Waals surface area contributed by atoms with Crippen molar-refractivity contribution in [2.75, 3.05) is 32.1 Å². The number of carbonyl (C=O) groups is 2. The van der Waals surface area contributed by atoms with Crippen LogP contribution < -0.4 is 10.1 Å². The molecule has 1 fully saturated rings. The van der Waals surface area contributed by atoms with E-state index in [9.17, 15) is 18.0 Å². The fraction of sp³-hybridized carbons (Fsp3) is 0.364. The van der Waals surface area contributed by atoms with E-state index >= 15 is 0 Å².